The minimum absolute atomic E-state index is 0.0796. The summed E-state index contributed by atoms with van der Waals surface area (Å²) in [5.41, 5.74) is 12.9. The molecule has 1 unspecified atom stereocenters. The van der Waals surface area contributed by atoms with Gasteiger partial charge in [0.2, 0.25) is 5.88 Å². The average molecular weight is 425 g/mol. The SMILES string of the molecule is CCOc1ncc(C)cc1-c1cc2c3c(c1)[C@@H]1CN(C(=O)O)CC[C@@H]1N3C(N)COC2. The zero-order chi connectivity index (χ0) is 21.7. The Hall–Kier alpha value is -2.84. The van der Waals surface area contributed by atoms with E-state index in [0.717, 1.165) is 39.9 Å². The number of aryl methyl sites for hydroxylation is 1. The van der Waals surface area contributed by atoms with Crippen molar-refractivity contribution in [2.45, 2.75) is 45.0 Å². The van der Waals surface area contributed by atoms with Crippen LogP contribution in [0.4, 0.5) is 10.5 Å². The summed E-state index contributed by atoms with van der Waals surface area (Å²) in [7, 11) is 0. The summed E-state index contributed by atoms with van der Waals surface area (Å²) >= 11 is 0. The molecule has 8 heteroatoms. The molecule has 1 fully saturated rings. The number of fused-ring (bicyclic) bond motifs is 3. The van der Waals surface area contributed by atoms with Crippen molar-refractivity contribution in [2.24, 2.45) is 5.73 Å². The van der Waals surface area contributed by atoms with Crippen molar-refractivity contribution in [3.8, 4) is 17.0 Å². The molecule has 0 saturated carbocycles. The van der Waals surface area contributed by atoms with Crippen molar-refractivity contribution in [1.29, 1.82) is 0 Å². The van der Waals surface area contributed by atoms with Crippen molar-refractivity contribution in [2.75, 3.05) is 31.2 Å². The molecule has 0 spiro atoms. The van der Waals surface area contributed by atoms with Gasteiger partial charge in [-0.2, -0.15) is 0 Å². The minimum Gasteiger partial charge on any atom is -0.478 e. The van der Waals surface area contributed by atoms with Gasteiger partial charge in [0.05, 0.1) is 19.8 Å². The van der Waals surface area contributed by atoms with Crippen LogP contribution in [0.5, 0.6) is 5.88 Å². The van der Waals surface area contributed by atoms with Gasteiger partial charge < -0.3 is 30.1 Å². The molecule has 0 radical (unpaired) electrons. The molecule has 2 aromatic rings. The zero-order valence-electron chi connectivity index (χ0n) is 17.9. The average Bonchev–Trinajstić information content (AvgIpc) is 2.98. The van der Waals surface area contributed by atoms with Crippen molar-refractivity contribution in [3.63, 3.8) is 0 Å². The Bertz CT molecular complexity index is 1030. The summed E-state index contributed by atoms with van der Waals surface area (Å²) in [6, 6.07) is 6.59. The third kappa shape index (κ3) is 3.30. The summed E-state index contributed by atoms with van der Waals surface area (Å²) in [6.07, 6.45) is 1.46. The number of likely N-dealkylation sites (tertiary alicyclic amines) is 1. The van der Waals surface area contributed by atoms with Crippen molar-refractivity contribution >= 4 is 11.8 Å². The van der Waals surface area contributed by atoms with Gasteiger partial charge in [0.15, 0.2) is 0 Å². The number of hydrogen-bond acceptors (Lipinski definition) is 6. The molecule has 3 aliphatic heterocycles. The summed E-state index contributed by atoms with van der Waals surface area (Å²) in [5, 5.41) is 9.59. The molecule has 8 nitrogen and oxygen atoms in total. The van der Waals surface area contributed by atoms with Gasteiger partial charge in [0, 0.05) is 48.1 Å². The molecule has 1 amide bonds. The molecule has 0 aliphatic carbocycles. The Morgan fingerprint density at radius 1 is 1.39 bits per heavy atom. The second-order valence-corrected chi connectivity index (χ2v) is 8.55. The van der Waals surface area contributed by atoms with E-state index in [2.05, 4.69) is 28.1 Å². The Kier molecular flexibility index (Phi) is 4.98. The monoisotopic (exact) mass is 424 g/mol. The van der Waals surface area contributed by atoms with Crippen LogP contribution in [0.15, 0.2) is 24.4 Å². The molecule has 1 saturated heterocycles. The minimum atomic E-state index is -0.865. The number of amides is 1. The molecule has 4 heterocycles. The molecule has 3 aliphatic rings. The molecule has 5 rings (SSSR count). The van der Waals surface area contributed by atoms with E-state index < -0.39 is 6.09 Å². The Balaban J connectivity index is 1.67. The number of carboxylic acid groups (broad SMARTS) is 1. The molecule has 3 atom stereocenters. The normalized spacial score (nSPS) is 24.4. The first-order chi connectivity index (χ1) is 15.0. The Morgan fingerprint density at radius 3 is 3.00 bits per heavy atom. The summed E-state index contributed by atoms with van der Waals surface area (Å²) < 4.78 is 11.7. The number of nitrogens with two attached hydrogens (primary N) is 1. The number of rotatable bonds is 3. The fourth-order valence-corrected chi connectivity index (χ4v) is 5.30. The molecule has 3 N–H and O–H groups in total. The Morgan fingerprint density at radius 2 is 2.23 bits per heavy atom. The van der Waals surface area contributed by atoms with Gasteiger partial charge >= 0.3 is 6.09 Å². The van der Waals surface area contributed by atoms with Crippen LogP contribution < -0.4 is 15.4 Å². The van der Waals surface area contributed by atoms with E-state index in [9.17, 15) is 9.90 Å². The van der Waals surface area contributed by atoms with Crippen LogP contribution in [-0.2, 0) is 11.3 Å². The predicted molar refractivity (Wildman–Crippen MR) is 116 cm³/mol. The molecule has 1 aromatic heterocycles. The molecular formula is C23H28N4O4. The summed E-state index contributed by atoms with van der Waals surface area (Å²) in [4.78, 5) is 20.0. The number of benzene rings is 1. The number of anilines is 1. The van der Waals surface area contributed by atoms with Gasteiger partial charge in [-0.25, -0.2) is 9.78 Å². The summed E-state index contributed by atoms with van der Waals surface area (Å²) in [5.74, 6) is 0.685. The lowest BCUT2D eigenvalue weighted by Gasteiger charge is -2.39. The highest BCUT2D eigenvalue weighted by Crippen LogP contribution is 2.50. The van der Waals surface area contributed by atoms with Crippen molar-refractivity contribution in [3.05, 3.63) is 41.1 Å². The molecule has 0 bridgehead atoms. The molecule has 1 aromatic carbocycles. The maximum Gasteiger partial charge on any atom is 0.407 e. The van der Waals surface area contributed by atoms with Crippen LogP contribution in [0.3, 0.4) is 0 Å². The maximum atomic E-state index is 11.7. The van der Waals surface area contributed by atoms with Crippen molar-refractivity contribution in [1.82, 2.24) is 9.88 Å². The molecular weight excluding hydrogens is 396 g/mol. The van der Waals surface area contributed by atoms with E-state index in [-0.39, 0.29) is 18.1 Å². The van der Waals surface area contributed by atoms with Crippen LogP contribution in [0.2, 0.25) is 0 Å². The van der Waals surface area contributed by atoms with Crippen LogP contribution in [0, 0.1) is 6.92 Å². The molecule has 31 heavy (non-hydrogen) atoms. The second kappa shape index (κ2) is 7.69. The topological polar surface area (TPSA) is 101 Å². The van der Waals surface area contributed by atoms with E-state index >= 15 is 0 Å². The highest BCUT2D eigenvalue weighted by molar-refractivity contribution is 5.78. The standard InChI is InChI=1S/C23H28N4O4/c1-3-31-22-16(6-13(2)9-25-22)14-7-15-11-30-12-20(24)27-19-4-5-26(23(28)29)10-18(19)17(8-14)21(15)27/h6-9,18-20H,3-5,10-12,24H2,1-2H3,(H,28,29)/t18-,19-,20?/m0/s1. The van der Waals surface area contributed by atoms with Gasteiger partial charge in [-0.3, -0.25) is 0 Å². The van der Waals surface area contributed by atoms with Gasteiger partial charge in [0.25, 0.3) is 0 Å². The van der Waals surface area contributed by atoms with Crippen LogP contribution in [0.1, 0.15) is 36.0 Å². The van der Waals surface area contributed by atoms with Gasteiger partial charge in [0.1, 0.15) is 6.17 Å². The van der Waals surface area contributed by atoms with Crippen molar-refractivity contribution < 1.29 is 19.4 Å². The number of carbonyl (C=O) groups is 1. The fourth-order valence-electron chi connectivity index (χ4n) is 5.30. The lowest BCUT2D eigenvalue weighted by atomic mass is 9.87. The number of nitrogens with zero attached hydrogens (tertiary/aromatic N) is 3. The van der Waals surface area contributed by atoms with Crippen LogP contribution in [0.25, 0.3) is 11.1 Å². The number of ether oxygens (including phenoxy) is 2. The highest BCUT2D eigenvalue weighted by Gasteiger charge is 2.46. The number of hydrogen-bond donors (Lipinski definition) is 2. The number of aromatic nitrogens is 1. The smallest absolute Gasteiger partial charge is 0.407 e. The van der Waals surface area contributed by atoms with Gasteiger partial charge in [-0.05, 0) is 55.2 Å². The largest absolute Gasteiger partial charge is 0.478 e. The van der Waals surface area contributed by atoms with Crippen LogP contribution in [-0.4, -0.2) is 59.6 Å². The maximum absolute atomic E-state index is 11.7. The highest BCUT2D eigenvalue weighted by atomic mass is 16.5. The third-order valence-electron chi connectivity index (χ3n) is 6.56. The second-order valence-electron chi connectivity index (χ2n) is 8.55. The van der Waals surface area contributed by atoms with Crippen LogP contribution >= 0.6 is 0 Å². The zero-order valence-corrected chi connectivity index (χ0v) is 17.9. The third-order valence-corrected chi connectivity index (χ3v) is 6.56. The van der Waals surface area contributed by atoms with E-state index in [0.29, 0.717) is 38.8 Å². The van der Waals surface area contributed by atoms with E-state index in [1.165, 1.54) is 4.90 Å². The first-order valence-electron chi connectivity index (χ1n) is 10.8. The lowest BCUT2D eigenvalue weighted by Crippen LogP contribution is -2.54. The lowest BCUT2D eigenvalue weighted by molar-refractivity contribution is 0.105. The Labute approximate surface area is 181 Å². The van der Waals surface area contributed by atoms with Gasteiger partial charge in [-0.1, -0.05) is 0 Å². The van der Waals surface area contributed by atoms with E-state index in [1.54, 1.807) is 0 Å². The summed E-state index contributed by atoms with van der Waals surface area (Å²) in [6.45, 7) is 6.42. The van der Waals surface area contributed by atoms with Gasteiger partial charge in [-0.15, -0.1) is 0 Å². The quantitative estimate of drug-likeness (QED) is 0.781. The number of pyridine rings is 1. The number of piperidine rings is 1. The van der Waals surface area contributed by atoms with E-state index in [1.807, 2.05) is 20.0 Å². The molecule has 164 valence electrons. The first-order valence-corrected chi connectivity index (χ1v) is 10.8. The predicted octanol–water partition coefficient (Wildman–Crippen LogP) is 2.93. The van der Waals surface area contributed by atoms with E-state index in [4.69, 9.17) is 15.2 Å². The first kappa shape index (κ1) is 20.1. The fraction of sp³-hybridized carbons (Fsp3) is 0.478.